The summed E-state index contributed by atoms with van der Waals surface area (Å²) >= 11 is 1.43. The van der Waals surface area contributed by atoms with Crippen molar-refractivity contribution in [1.82, 2.24) is 14.5 Å². The molecule has 6 heteroatoms. The fourth-order valence-electron chi connectivity index (χ4n) is 2.70. The Morgan fingerprint density at radius 2 is 2.15 bits per heavy atom. The molecule has 2 aromatic rings. The van der Waals surface area contributed by atoms with Crippen LogP contribution in [0, 0.1) is 6.92 Å². The van der Waals surface area contributed by atoms with Gasteiger partial charge in [0.25, 0.3) is 5.56 Å². The van der Waals surface area contributed by atoms with Gasteiger partial charge in [-0.15, -0.1) is 11.3 Å². The topological polar surface area (TPSA) is 55.2 Å². The average molecular weight is 291 g/mol. The molecule has 0 saturated carbocycles. The number of fused-ring (bicyclic) bond motifs is 1. The van der Waals surface area contributed by atoms with E-state index in [4.69, 9.17) is 0 Å². The van der Waals surface area contributed by atoms with Crippen molar-refractivity contribution < 1.29 is 4.79 Å². The Labute approximate surface area is 120 Å². The van der Waals surface area contributed by atoms with Gasteiger partial charge in [-0.3, -0.25) is 14.2 Å². The quantitative estimate of drug-likeness (QED) is 0.850. The van der Waals surface area contributed by atoms with Crippen LogP contribution in [0.1, 0.15) is 31.9 Å². The van der Waals surface area contributed by atoms with Crippen molar-refractivity contribution >= 4 is 27.5 Å². The molecule has 3 heterocycles. The Morgan fingerprint density at radius 3 is 2.80 bits per heavy atom. The van der Waals surface area contributed by atoms with Gasteiger partial charge in [-0.25, -0.2) is 4.98 Å². The summed E-state index contributed by atoms with van der Waals surface area (Å²) in [5.41, 5.74) is 1.78. The highest BCUT2D eigenvalue weighted by Crippen LogP contribution is 2.25. The first kappa shape index (κ1) is 13.3. The maximum atomic E-state index is 12.5. The zero-order valence-corrected chi connectivity index (χ0v) is 12.6. The molecule has 0 radical (unpaired) electrons. The molecular formula is C14H17N3O2S. The zero-order valence-electron chi connectivity index (χ0n) is 11.8. The van der Waals surface area contributed by atoms with Crippen molar-refractivity contribution in [2.24, 2.45) is 0 Å². The van der Waals surface area contributed by atoms with Gasteiger partial charge in [-0.1, -0.05) is 0 Å². The smallest absolute Gasteiger partial charge is 0.271 e. The third-order valence-electron chi connectivity index (χ3n) is 3.84. The third kappa shape index (κ3) is 1.95. The van der Waals surface area contributed by atoms with E-state index in [-0.39, 0.29) is 23.6 Å². The number of nitrogens with zero attached hydrogens (tertiary/aromatic N) is 3. The van der Waals surface area contributed by atoms with Crippen molar-refractivity contribution in [2.45, 2.75) is 39.3 Å². The van der Waals surface area contributed by atoms with Gasteiger partial charge < -0.3 is 4.90 Å². The lowest BCUT2D eigenvalue weighted by Gasteiger charge is -2.21. The minimum atomic E-state index is -0.100. The summed E-state index contributed by atoms with van der Waals surface area (Å²) in [7, 11) is 0. The monoisotopic (exact) mass is 291 g/mol. The summed E-state index contributed by atoms with van der Waals surface area (Å²) in [6.45, 7) is 6.53. The first-order chi connectivity index (χ1) is 9.49. The number of hydrogen-bond acceptors (Lipinski definition) is 4. The average Bonchev–Trinajstić information content (AvgIpc) is 2.95. The highest BCUT2D eigenvalue weighted by atomic mass is 32.1. The molecule has 1 aliphatic rings. The van der Waals surface area contributed by atoms with Gasteiger partial charge in [0.05, 0.1) is 17.9 Å². The van der Waals surface area contributed by atoms with Crippen molar-refractivity contribution in [3.8, 4) is 0 Å². The molecular weight excluding hydrogens is 274 g/mol. The Balaban J connectivity index is 2.02. The second kappa shape index (κ2) is 4.70. The summed E-state index contributed by atoms with van der Waals surface area (Å²) in [6, 6.07) is 0.0700. The van der Waals surface area contributed by atoms with Gasteiger partial charge in [-0.2, -0.15) is 0 Å². The fraction of sp³-hybridized carbons (Fsp3) is 0.500. The summed E-state index contributed by atoms with van der Waals surface area (Å²) in [6.07, 6.45) is 1.97. The van der Waals surface area contributed by atoms with Crippen LogP contribution in [0.5, 0.6) is 0 Å². The third-order valence-corrected chi connectivity index (χ3v) is 4.91. The van der Waals surface area contributed by atoms with Crippen LogP contribution in [0.25, 0.3) is 10.2 Å². The van der Waals surface area contributed by atoms with Crippen molar-refractivity contribution in [2.75, 3.05) is 6.54 Å². The Bertz CT molecular complexity index is 732. The molecule has 0 aliphatic carbocycles. The van der Waals surface area contributed by atoms with Gasteiger partial charge >= 0.3 is 0 Å². The van der Waals surface area contributed by atoms with Gasteiger partial charge in [-0.05, 0) is 31.7 Å². The molecule has 3 rings (SSSR count). The molecule has 1 fully saturated rings. The summed E-state index contributed by atoms with van der Waals surface area (Å²) < 4.78 is 2.30. The van der Waals surface area contributed by atoms with Gasteiger partial charge in [0, 0.05) is 19.0 Å². The molecule has 20 heavy (non-hydrogen) atoms. The molecule has 1 saturated heterocycles. The van der Waals surface area contributed by atoms with Crippen LogP contribution in [0.15, 0.2) is 16.5 Å². The van der Waals surface area contributed by atoms with E-state index < -0.39 is 0 Å². The van der Waals surface area contributed by atoms with E-state index in [1.807, 2.05) is 31.1 Å². The SMILES string of the molecule is Cc1csc2c(=O)n(C3CC(=O)N(C(C)C)C3)cnc12. The number of amides is 1. The van der Waals surface area contributed by atoms with Crippen LogP contribution < -0.4 is 5.56 Å². The lowest BCUT2D eigenvalue weighted by Crippen LogP contribution is -2.33. The van der Waals surface area contributed by atoms with Crippen LogP contribution in [0.2, 0.25) is 0 Å². The first-order valence-corrected chi connectivity index (χ1v) is 7.61. The number of rotatable bonds is 2. The number of aryl methyl sites for hydroxylation is 1. The minimum Gasteiger partial charge on any atom is -0.338 e. The largest absolute Gasteiger partial charge is 0.338 e. The van der Waals surface area contributed by atoms with Crippen LogP contribution in [0.3, 0.4) is 0 Å². The Kier molecular flexibility index (Phi) is 3.12. The molecule has 106 valence electrons. The lowest BCUT2D eigenvalue weighted by molar-refractivity contribution is -0.129. The summed E-state index contributed by atoms with van der Waals surface area (Å²) in [4.78, 5) is 30.7. The maximum Gasteiger partial charge on any atom is 0.271 e. The van der Waals surface area contributed by atoms with E-state index in [2.05, 4.69) is 4.98 Å². The fourth-order valence-corrected chi connectivity index (χ4v) is 3.64. The van der Waals surface area contributed by atoms with Gasteiger partial charge in [0.1, 0.15) is 4.70 Å². The second-order valence-corrected chi connectivity index (χ2v) is 6.43. The molecule has 1 atom stereocenters. The summed E-state index contributed by atoms with van der Waals surface area (Å²) in [5.74, 6) is 0.111. The van der Waals surface area contributed by atoms with E-state index in [1.165, 1.54) is 11.3 Å². The molecule has 2 aromatic heterocycles. The molecule has 1 aliphatic heterocycles. The second-order valence-electron chi connectivity index (χ2n) is 5.55. The number of hydrogen-bond donors (Lipinski definition) is 0. The van der Waals surface area contributed by atoms with Crippen LogP contribution in [0.4, 0.5) is 0 Å². The van der Waals surface area contributed by atoms with E-state index >= 15 is 0 Å². The number of thiophene rings is 1. The van der Waals surface area contributed by atoms with E-state index in [9.17, 15) is 9.59 Å². The standard InChI is InChI=1S/C14H17N3O2S/c1-8(2)16-5-10(4-11(16)18)17-7-15-12-9(3)6-20-13(12)14(17)19/h6-8,10H,4-5H2,1-3H3. The van der Waals surface area contributed by atoms with Crippen molar-refractivity contribution in [1.29, 1.82) is 0 Å². The molecule has 1 amide bonds. The predicted octanol–water partition coefficient (Wildman–Crippen LogP) is 1.95. The Morgan fingerprint density at radius 1 is 1.40 bits per heavy atom. The number of likely N-dealkylation sites (tertiary alicyclic amines) is 1. The van der Waals surface area contributed by atoms with Crippen molar-refractivity contribution in [3.63, 3.8) is 0 Å². The molecule has 0 spiro atoms. The summed E-state index contributed by atoms with van der Waals surface area (Å²) in [5, 5.41) is 1.95. The van der Waals surface area contributed by atoms with Crippen LogP contribution >= 0.6 is 11.3 Å². The normalized spacial score (nSPS) is 19.5. The van der Waals surface area contributed by atoms with Gasteiger partial charge in [0.2, 0.25) is 5.91 Å². The first-order valence-electron chi connectivity index (χ1n) is 6.73. The van der Waals surface area contributed by atoms with Crippen LogP contribution in [-0.2, 0) is 4.79 Å². The van der Waals surface area contributed by atoms with Crippen LogP contribution in [-0.4, -0.2) is 32.9 Å². The molecule has 1 unspecified atom stereocenters. The highest BCUT2D eigenvalue weighted by molar-refractivity contribution is 7.17. The van der Waals surface area contributed by atoms with Gasteiger partial charge in [0.15, 0.2) is 0 Å². The van der Waals surface area contributed by atoms with E-state index in [1.54, 1.807) is 10.9 Å². The Hall–Kier alpha value is -1.69. The maximum absolute atomic E-state index is 12.5. The van der Waals surface area contributed by atoms with E-state index in [0.29, 0.717) is 17.7 Å². The lowest BCUT2D eigenvalue weighted by atomic mass is 10.2. The van der Waals surface area contributed by atoms with Crippen molar-refractivity contribution in [3.05, 3.63) is 27.6 Å². The zero-order chi connectivity index (χ0) is 14.4. The molecule has 0 aromatic carbocycles. The molecule has 0 bridgehead atoms. The highest BCUT2D eigenvalue weighted by Gasteiger charge is 2.33. The molecule has 0 N–H and O–H groups in total. The number of carbonyl (C=O) groups is 1. The van der Waals surface area contributed by atoms with E-state index in [0.717, 1.165) is 11.1 Å². The number of aromatic nitrogens is 2. The molecule has 5 nitrogen and oxygen atoms in total. The minimum absolute atomic E-state index is 0.0310. The number of carbonyl (C=O) groups excluding carboxylic acids is 1. The predicted molar refractivity (Wildman–Crippen MR) is 79.1 cm³/mol.